The molecule has 10 rings (SSSR count). The van der Waals surface area contributed by atoms with Crippen molar-refractivity contribution in [3.63, 3.8) is 0 Å². The maximum Gasteiger partial charge on any atom is 0.407 e. The first kappa shape index (κ1) is 40.3. The van der Waals surface area contributed by atoms with Crippen molar-refractivity contribution in [1.29, 1.82) is 0 Å². The predicted octanol–water partition coefficient (Wildman–Crippen LogP) is 8.93. The van der Waals surface area contributed by atoms with Gasteiger partial charge in [-0.2, -0.15) is 0 Å². The molecule has 14 nitrogen and oxygen atoms in total. The van der Waals surface area contributed by atoms with Crippen molar-refractivity contribution >= 4 is 67.6 Å². The number of H-pyrrole nitrogens is 2. The van der Waals surface area contributed by atoms with E-state index in [1.165, 1.54) is 14.2 Å². The third kappa shape index (κ3) is 7.40. The number of hydrogen-bond acceptors (Lipinski definition) is 8. The molecule has 6 aromatic carbocycles. The van der Waals surface area contributed by atoms with Crippen LogP contribution in [0.4, 0.5) is 9.59 Å². The van der Waals surface area contributed by atoms with Gasteiger partial charge in [0.1, 0.15) is 23.7 Å². The lowest BCUT2D eigenvalue weighted by Gasteiger charge is -2.28. The molecule has 8 aromatic rings. The number of nitrogens with zero attached hydrogens (tertiary/aromatic N) is 4. The number of fused-ring (bicyclic) bond motifs is 6. The van der Waals surface area contributed by atoms with Gasteiger partial charge in [0.05, 0.1) is 48.4 Å². The molecule has 0 unspecified atom stereocenters. The van der Waals surface area contributed by atoms with Gasteiger partial charge >= 0.3 is 12.2 Å². The van der Waals surface area contributed by atoms with E-state index >= 15 is 0 Å². The average molecular weight is 855 g/mol. The monoisotopic (exact) mass is 854 g/mol. The Kier molecular flexibility index (Phi) is 10.6. The highest BCUT2D eigenvalue weighted by molar-refractivity contribution is 6.07. The number of alkyl carbamates (subject to hydrolysis) is 2. The van der Waals surface area contributed by atoms with E-state index in [0.717, 1.165) is 80.4 Å². The Morgan fingerprint density at radius 2 is 1.12 bits per heavy atom. The molecule has 0 radical (unpaired) electrons. The number of benzene rings is 6. The molecular formula is C50H46N8O6. The number of carbonyl (C=O) groups is 4. The van der Waals surface area contributed by atoms with Gasteiger partial charge in [0, 0.05) is 23.9 Å². The maximum atomic E-state index is 14.1. The fraction of sp³-hybridized carbons (Fsp3) is 0.240. The molecule has 4 amide bonds. The quantitative estimate of drug-likeness (QED) is 0.111. The molecule has 322 valence electrons. The molecule has 4 N–H and O–H groups in total. The zero-order valence-electron chi connectivity index (χ0n) is 35.3. The first-order valence-electron chi connectivity index (χ1n) is 21.5. The third-order valence-electron chi connectivity index (χ3n) is 12.7. The van der Waals surface area contributed by atoms with Crippen molar-refractivity contribution in [3.05, 3.63) is 144 Å². The van der Waals surface area contributed by atoms with E-state index in [4.69, 9.17) is 19.4 Å². The lowest BCUT2D eigenvalue weighted by atomic mass is 9.98. The minimum Gasteiger partial charge on any atom is -0.453 e. The number of ether oxygens (including phenoxy) is 2. The Bertz CT molecular complexity index is 2870. The van der Waals surface area contributed by atoms with Crippen LogP contribution in [-0.4, -0.2) is 81.0 Å². The van der Waals surface area contributed by atoms with Crippen LogP contribution in [-0.2, 0) is 19.1 Å². The van der Waals surface area contributed by atoms with E-state index in [-0.39, 0.29) is 23.9 Å². The summed E-state index contributed by atoms with van der Waals surface area (Å²) in [5, 5.41) is 9.57. The summed E-state index contributed by atoms with van der Waals surface area (Å²) in [5.74, 6) is 0.997. The highest BCUT2D eigenvalue weighted by Gasteiger charge is 2.39. The zero-order chi connectivity index (χ0) is 43.9. The zero-order valence-corrected chi connectivity index (χ0v) is 35.3. The number of amides is 4. The normalized spacial score (nSPS) is 17.2. The highest BCUT2D eigenvalue weighted by atomic mass is 16.5. The summed E-state index contributed by atoms with van der Waals surface area (Å²) in [6.07, 6.45) is 1.76. The predicted molar refractivity (Wildman–Crippen MR) is 243 cm³/mol. The van der Waals surface area contributed by atoms with Gasteiger partial charge in [0.2, 0.25) is 0 Å². The van der Waals surface area contributed by atoms with E-state index in [1.807, 2.05) is 82.6 Å². The molecule has 2 saturated heterocycles. The van der Waals surface area contributed by atoms with Crippen molar-refractivity contribution in [2.45, 2.75) is 49.9 Å². The van der Waals surface area contributed by atoms with Crippen molar-refractivity contribution < 1.29 is 28.7 Å². The van der Waals surface area contributed by atoms with Crippen LogP contribution in [0.5, 0.6) is 0 Å². The van der Waals surface area contributed by atoms with Crippen LogP contribution < -0.4 is 10.6 Å². The number of rotatable bonds is 9. The van der Waals surface area contributed by atoms with Gasteiger partial charge in [-0.15, -0.1) is 0 Å². The molecule has 64 heavy (non-hydrogen) atoms. The van der Waals surface area contributed by atoms with Gasteiger partial charge in [-0.05, 0) is 83.0 Å². The number of hydrogen-bond donors (Lipinski definition) is 4. The molecular weight excluding hydrogens is 809 g/mol. The molecule has 4 heterocycles. The van der Waals surface area contributed by atoms with E-state index < -0.39 is 24.3 Å². The summed E-state index contributed by atoms with van der Waals surface area (Å²) in [6.45, 7) is 1.09. The van der Waals surface area contributed by atoms with Crippen LogP contribution in [0.3, 0.4) is 0 Å². The number of imidazole rings is 2. The topological polar surface area (TPSA) is 175 Å². The number of likely N-dealkylation sites (tertiary alicyclic amines) is 2. The largest absolute Gasteiger partial charge is 0.453 e. The Morgan fingerprint density at radius 1 is 0.609 bits per heavy atom. The number of aromatic amines is 2. The van der Waals surface area contributed by atoms with Crippen LogP contribution in [0.2, 0.25) is 0 Å². The number of aromatic nitrogens is 4. The Labute approximate surface area is 368 Å². The maximum absolute atomic E-state index is 14.1. The van der Waals surface area contributed by atoms with Gasteiger partial charge in [0.25, 0.3) is 11.8 Å². The van der Waals surface area contributed by atoms with Crippen molar-refractivity contribution in [1.82, 2.24) is 40.4 Å². The van der Waals surface area contributed by atoms with Gasteiger partial charge < -0.3 is 39.9 Å². The molecule has 2 aromatic heterocycles. The van der Waals surface area contributed by atoms with Crippen LogP contribution >= 0.6 is 0 Å². The molecule has 0 bridgehead atoms. The second-order valence-electron chi connectivity index (χ2n) is 16.4. The fourth-order valence-corrected chi connectivity index (χ4v) is 9.51. The molecule has 14 heteroatoms. The molecule has 4 atom stereocenters. The second-order valence-corrected chi connectivity index (χ2v) is 16.4. The van der Waals surface area contributed by atoms with Gasteiger partial charge in [-0.3, -0.25) is 9.59 Å². The van der Waals surface area contributed by atoms with E-state index in [0.29, 0.717) is 35.9 Å². The molecule has 2 fully saturated rings. The Morgan fingerprint density at radius 3 is 1.69 bits per heavy atom. The Balaban J connectivity index is 0.907. The number of methoxy groups -OCH3 is 2. The summed E-state index contributed by atoms with van der Waals surface area (Å²) in [7, 11) is 2.57. The van der Waals surface area contributed by atoms with E-state index in [1.54, 1.807) is 0 Å². The summed E-state index contributed by atoms with van der Waals surface area (Å²) >= 11 is 0. The van der Waals surface area contributed by atoms with Gasteiger partial charge in [-0.1, -0.05) is 97.1 Å². The lowest BCUT2D eigenvalue weighted by molar-refractivity contribution is -0.135. The summed E-state index contributed by atoms with van der Waals surface area (Å²) in [5.41, 5.74) is 6.90. The minimum atomic E-state index is -0.895. The van der Waals surface area contributed by atoms with Crippen molar-refractivity contribution in [3.8, 4) is 11.1 Å². The molecule has 2 aliphatic heterocycles. The van der Waals surface area contributed by atoms with Crippen molar-refractivity contribution in [2.75, 3.05) is 27.3 Å². The standard InChI is InChI=1S/C50H46N8O6/c1-63-49(61)55-41(29-11-5-3-6-12-29)47(59)57-25-9-15-39(57)45-51-37-23-19-33-27-31(17-21-35(33)43(37)53-45)32-18-22-36-34(28-32)20-24-38-44(36)54-46(52-38)40-16-10-26-58(40)48(60)42(56-50(62)64-2)30-13-7-4-8-14-30/h3-8,11-14,17-24,27-28,39-42H,9-10,15-16,25-26H2,1-2H3,(H,51,53)(H,52,54)(H,55,61)(H,56,62)/t39-,40-,41+,42+/m0/s1. The van der Waals surface area contributed by atoms with E-state index in [2.05, 4.69) is 69.1 Å². The third-order valence-corrected chi connectivity index (χ3v) is 12.7. The molecule has 0 saturated carbocycles. The first-order chi connectivity index (χ1) is 31.3. The SMILES string of the molecule is COC(=O)N[C@@H](C(=O)N1CCC[C@H]1c1nc2c(ccc3cc(-c4ccc5c(ccc6nc([C@@H]7CCCN7C(=O)[C@H](NC(=O)OC)c7ccccc7)[nH]c65)c4)ccc32)[nH]1)c1ccccc1. The molecule has 2 aliphatic rings. The average Bonchev–Trinajstić information content (AvgIpc) is 4.18. The molecule has 0 aliphatic carbocycles. The minimum absolute atomic E-state index is 0.214. The number of carbonyl (C=O) groups excluding carboxylic acids is 4. The van der Waals surface area contributed by atoms with Crippen LogP contribution in [0.1, 0.15) is 72.6 Å². The van der Waals surface area contributed by atoms with Crippen LogP contribution in [0.25, 0.3) is 54.7 Å². The highest BCUT2D eigenvalue weighted by Crippen LogP contribution is 2.38. The molecule has 0 spiro atoms. The van der Waals surface area contributed by atoms with Crippen molar-refractivity contribution in [2.24, 2.45) is 0 Å². The van der Waals surface area contributed by atoms with Gasteiger partial charge in [0.15, 0.2) is 0 Å². The second kappa shape index (κ2) is 16.9. The fourth-order valence-electron chi connectivity index (χ4n) is 9.51. The summed E-state index contributed by atoms with van der Waals surface area (Å²) < 4.78 is 9.73. The van der Waals surface area contributed by atoms with Gasteiger partial charge in [-0.25, -0.2) is 19.6 Å². The lowest BCUT2D eigenvalue weighted by Crippen LogP contribution is -2.42. The van der Waals surface area contributed by atoms with E-state index in [9.17, 15) is 19.2 Å². The summed E-state index contributed by atoms with van der Waals surface area (Å²) in [4.78, 5) is 73.6. The number of nitrogens with one attached hydrogen (secondary N) is 4. The Hall–Kier alpha value is -7.74. The smallest absolute Gasteiger partial charge is 0.407 e. The van der Waals surface area contributed by atoms with Crippen LogP contribution in [0, 0.1) is 0 Å². The first-order valence-corrected chi connectivity index (χ1v) is 21.5. The summed E-state index contributed by atoms with van der Waals surface area (Å²) in [6, 6.07) is 37.1. The van der Waals surface area contributed by atoms with Crippen LogP contribution in [0.15, 0.2) is 121 Å².